The van der Waals surface area contributed by atoms with Crippen LogP contribution in [0.15, 0.2) is 61.2 Å². The molecular weight excluding hydrogens is 322 g/mol. The lowest BCUT2D eigenvalue weighted by Crippen LogP contribution is -2.25. The molecule has 1 aliphatic heterocycles. The topological polar surface area (TPSA) is 38.1 Å². The summed E-state index contributed by atoms with van der Waals surface area (Å²) in [7, 11) is 0. The maximum Gasteiger partial charge on any atom is 0.223 e. The summed E-state index contributed by atoms with van der Waals surface area (Å²) in [6, 6.07) is 16.8. The Hall–Kier alpha value is -2.88. The Labute approximate surface area is 153 Å². The number of fused-ring (bicyclic) bond motifs is 1. The molecule has 4 rings (SSSR count). The van der Waals surface area contributed by atoms with E-state index in [4.69, 9.17) is 4.98 Å². The molecule has 3 aromatic rings. The second kappa shape index (κ2) is 6.79. The van der Waals surface area contributed by atoms with Crippen molar-refractivity contribution in [1.82, 2.24) is 14.5 Å². The molecule has 1 atom stereocenters. The van der Waals surface area contributed by atoms with Crippen molar-refractivity contribution in [2.75, 3.05) is 13.1 Å². The van der Waals surface area contributed by atoms with Gasteiger partial charge >= 0.3 is 0 Å². The number of likely N-dealkylation sites (tertiary alicyclic amines) is 1. The van der Waals surface area contributed by atoms with E-state index in [9.17, 15) is 4.79 Å². The number of rotatable bonds is 5. The highest BCUT2D eigenvalue weighted by atomic mass is 16.2. The van der Waals surface area contributed by atoms with Crippen molar-refractivity contribution >= 4 is 16.9 Å². The first kappa shape index (κ1) is 16.6. The number of benzene rings is 2. The summed E-state index contributed by atoms with van der Waals surface area (Å²) in [5.74, 6) is 1.32. The molecule has 26 heavy (non-hydrogen) atoms. The van der Waals surface area contributed by atoms with Gasteiger partial charge in [0.15, 0.2) is 0 Å². The van der Waals surface area contributed by atoms with E-state index in [0.717, 1.165) is 23.4 Å². The lowest BCUT2D eigenvalue weighted by atomic mass is 10.1. The number of aromatic nitrogens is 2. The first-order valence-electron chi connectivity index (χ1n) is 9.05. The number of aryl methyl sites for hydroxylation is 1. The molecule has 1 fully saturated rings. The molecule has 1 aromatic heterocycles. The maximum absolute atomic E-state index is 12.3. The first-order chi connectivity index (χ1) is 12.7. The summed E-state index contributed by atoms with van der Waals surface area (Å²) in [5, 5.41) is 0. The fourth-order valence-electron chi connectivity index (χ4n) is 3.84. The SMILES string of the molecule is C=CCN1C[C@@H](c2nc3ccccc3n2Cc2cccc(C)c2)CC1=O. The molecule has 1 saturated heterocycles. The van der Waals surface area contributed by atoms with Crippen molar-refractivity contribution in [3.63, 3.8) is 0 Å². The minimum atomic E-state index is 0.125. The highest BCUT2D eigenvalue weighted by molar-refractivity contribution is 5.81. The molecule has 4 nitrogen and oxygen atoms in total. The van der Waals surface area contributed by atoms with E-state index >= 15 is 0 Å². The van der Waals surface area contributed by atoms with E-state index < -0.39 is 0 Å². The van der Waals surface area contributed by atoms with Crippen LogP contribution in [0.5, 0.6) is 0 Å². The highest BCUT2D eigenvalue weighted by Gasteiger charge is 2.33. The van der Waals surface area contributed by atoms with E-state index in [0.29, 0.717) is 19.5 Å². The average molecular weight is 345 g/mol. The molecule has 0 radical (unpaired) electrons. The lowest BCUT2D eigenvalue weighted by Gasteiger charge is -2.16. The van der Waals surface area contributed by atoms with Gasteiger partial charge in [-0.05, 0) is 24.6 Å². The highest BCUT2D eigenvalue weighted by Crippen LogP contribution is 2.31. The second-order valence-electron chi connectivity index (χ2n) is 7.02. The van der Waals surface area contributed by atoms with Crippen molar-refractivity contribution in [2.24, 2.45) is 0 Å². The number of amides is 1. The molecule has 0 aliphatic carbocycles. The van der Waals surface area contributed by atoms with E-state index in [-0.39, 0.29) is 11.8 Å². The van der Waals surface area contributed by atoms with Crippen LogP contribution in [0.4, 0.5) is 0 Å². The molecule has 0 bridgehead atoms. The molecule has 0 N–H and O–H groups in total. The summed E-state index contributed by atoms with van der Waals surface area (Å²) in [5.41, 5.74) is 4.62. The molecule has 0 saturated carbocycles. The average Bonchev–Trinajstić information content (AvgIpc) is 3.17. The maximum atomic E-state index is 12.3. The van der Waals surface area contributed by atoms with Gasteiger partial charge < -0.3 is 9.47 Å². The van der Waals surface area contributed by atoms with Gasteiger partial charge in [0, 0.05) is 32.0 Å². The Balaban J connectivity index is 1.75. The van der Waals surface area contributed by atoms with Crippen molar-refractivity contribution < 1.29 is 4.79 Å². The summed E-state index contributed by atoms with van der Waals surface area (Å²) in [6.45, 7) is 7.95. The normalized spacial score (nSPS) is 17.2. The number of hydrogen-bond donors (Lipinski definition) is 0. The fourth-order valence-corrected chi connectivity index (χ4v) is 3.84. The smallest absolute Gasteiger partial charge is 0.223 e. The predicted molar refractivity (Wildman–Crippen MR) is 104 cm³/mol. The fraction of sp³-hybridized carbons (Fsp3) is 0.273. The summed E-state index contributed by atoms with van der Waals surface area (Å²) in [4.78, 5) is 19.1. The third-order valence-electron chi connectivity index (χ3n) is 5.04. The summed E-state index contributed by atoms with van der Waals surface area (Å²) >= 11 is 0. The van der Waals surface area contributed by atoms with Gasteiger partial charge in [-0.3, -0.25) is 4.79 Å². The molecule has 2 aromatic carbocycles. The van der Waals surface area contributed by atoms with Gasteiger partial charge in [-0.25, -0.2) is 4.98 Å². The van der Waals surface area contributed by atoms with Crippen LogP contribution in [-0.2, 0) is 11.3 Å². The van der Waals surface area contributed by atoms with Gasteiger partial charge in [-0.15, -0.1) is 6.58 Å². The second-order valence-corrected chi connectivity index (χ2v) is 7.02. The molecule has 0 unspecified atom stereocenters. The van der Waals surface area contributed by atoms with Crippen molar-refractivity contribution in [3.8, 4) is 0 Å². The van der Waals surface area contributed by atoms with Gasteiger partial charge in [0.2, 0.25) is 5.91 Å². The molecule has 1 amide bonds. The summed E-state index contributed by atoms with van der Waals surface area (Å²) in [6.07, 6.45) is 2.31. The van der Waals surface area contributed by atoms with E-state index in [1.807, 2.05) is 23.1 Å². The molecule has 0 spiro atoms. The molecular formula is C22H23N3O. The number of carbonyl (C=O) groups excluding carboxylic acids is 1. The first-order valence-corrected chi connectivity index (χ1v) is 9.05. The van der Waals surface area contributed by atoms with Gasteiger partial charge in [0.1, 0.15) is 5.82 Å². The zero-order chi connectivity index (χ0) is 18.1. The Kier molecular flexibility index (Phi) is 4.33. The number of nitrogens with zero attached hydrogens (tertiary/aromatic N) is 3. The summed E-state index contributed by atoms with van der Waals surface area (Å²) < 4.78 is 2.28. The quantitative estimate of drug-likeness (QED) is 0.658. The van der Waals surface area contributed by atoms with Crippen molar-refractivity contribution in [2.45, 2.75) is 25.8 Å². The van der Waals surface area contributed by atoms with Crippen molar-refractivity contribution in [1.29, 1.82) is 0 Å². The predicted octanol–water partition coefficient (Wildman–Crippen LogP) is 3.89. The van der Waals surface area contributed by atoms with E-state index in [1.54, 1.807) is 6.08 Å². The zero-order valence-corrected chi connectivity index (χ0v) is 15.1. The molecule has 4 heteroatoms. The Morgan fingerprint density at radius 2 is 2.08 bits per heavy atom. The number of para-hydroxylation sites is 2. The Morgan fingerprint density at radius 3 is 2.88 bits per heavy atom. The minimum Gasteiger partial charge on any atom is -0.338 e. The number of carbonyl (C=O) groups is 1. The standard InChI is InChI=1S/C22H23N3O/c1-3-11-24-15-18(13-21(24)26)22-23-19-9-4-5-10-20(19)25(22)14-17-8-6-7-16(2)12-17/h3-10,12,18H,1,11,13-15H2,2H3/t18-/m0/s1. The minimum absolute atomic E-state index is 0.125. The monoisotopic (exact) mass is 345 g/mol. The van der Waals surface area contributed by atoms with Crippen LogP contribution in [-0.4, -0.2) is 33.4 Å². The van der Waals surface area contributed by atoms with E-state index in [1.165, 1.54) is 11.1 Å². The van der Waals surface area contributed by atoms with Crippen LogP contribution in [0.25, 0.3) is 11.0 Å². The van der Waals surface area contributed by atoms with Gasteiger partial charge in [0.05, 0.1) is 11.0 Å². The van der Waals surface area contributed by atoms with Crippen LogP contribution in [0.3, 0.4) is 0 Å². The number of hydrogen-bond acceptors (Lipinski definition) is 2. The van der Waals surface area contributed by atoms with Gasteiger partial charge in [-0.2, -0.15) is 0 Å². The van der Waals surface area contributed by atoms with Crippen LogP contribution < -0.4 is 0 Å². The van der Waals surface area contributed by atoms with E-state index in [2.05, 4.69) is 48.4 Å². The largest absolute Gasteiger partial charge is 0.338 e. The van der Waals surface area contributed by atoms with Gasteiger partial charge in [0.25, 0.3) is 0 Å². The third-order valence-corrected chi connectivity index (χ3v) is 5.04. The van der Waals surface area contributed by atoms with Crippen LogP contribution in [0.1, 0.15) is 29.3 Å². The molecule has 1 aliphatic rings. The third kappa shape index (κ3) is 3.03. The van der Waals surface area contributed by atoms with Crippen LogP contribution in [0.2, 0.25) is 0 Å². The van der Waals surface area contributed by atoms with Gasteiger partial charge in [-0.1, -0.05) is 48.0 Å². The number of imidazole rings is 1. The zero-order valence-electron chi connectivity index (χ0n) is 15.1. The Bertz CT molecular complexity index is 972. The molecule has 132 valence electrons. The Morgan fingerprint density at radius 1 is 1.23 bits per heavy atom. The van der Waals surface area contributed by atoms with Crippen molar-refractivity contribution in [3.05, 3.63) is 78.1 Å². The molecule has 2 heterocycles. The lowest BCUT2D eigenvalue weighted by molar-refractivity contribution is -0.127. The van der Waals surface area contributed by atoms with Crippen LogP contribution >= 0.6 is 0 Å². The van der Waals surface area contributed by atoms with Crippen LogP contribution in [0, 0.1) is 6.92 Å².